The monoisotopic (exact) mass is 404 g/mol. The number of hydrazine groups is 1. The van der Waals surface area contributed by atoms with Crippen LogP contribution in [-0.4, -0.2) is 53.2 Å². The number of carbonyl (C=O) groups excluding carboxylic acids is 1. The van der Waals surface area contributed by atoms with Crippen molar-refractivity contribution in [1.29, 1.82) is 0 Å². The molecule has 0 unspecified atom stereocenters. The molecule has 0 spiro atoms. The molecule has 2 saturated heterocycles. The molecule has 5 nitrogen and oxygen atoms in total. The fourth-order valence-corrected chi connectivity index (χ4v) is 4.51. The molecule has 154 valence electrons. The number of hydrogen-bond acceptors (Lipinski definition) is 5. The summed E-state index contributed by atoms with van der Waals surface area (Å²) >= 11 is 1.57. The minimum absolute atomic E-state index is 0.0505. The molecule has 0 radical (unpaired) electrons. The van der Waals surface area contributed by atoms with Gasteiger partial charge in [0, 0.05) is 24.2 Å². The smallest absolute Gasteiger partial charge is 0.275 e. The summed E-state index contributed by atoms with van der Waals surface area (Å²) in [7, 11) is 0. The van der Waals surface area contributed by atoms with E-state index in [0.717, 1.165) is 34.7 Å². The predicted octanol–water partition coefficient (Wildman–Crippen LogP) is 4.11. The Labute approximate surface area is 172 Å². The molecule has 0 aromatic heterocycles. The molecule has 28 heavy (non-hydrogen) atoms. The summed E-state index contributed by atoms with van der Waals surface area (Å²) in [5.74, 6) is 1.05. The lowest BCUT2D eigenvalue weighted by Gasteiger charge is -2.33. The maximum Gasteiger partial charge on any atom is 0.275 e. The first-order valence-corrected chi connectivity index (χ1v) is 10.8. The van der Waals surface area contributed by atoms with Gasteiger partial charge in [-0.3, -0.25) is 9.80 Å². The molecule has 2 aliphatic rings. The molecule has 1 N–H and O–H groups in total. The summed E-state index contributed by atoms with van der Waals surface area (Å²) in [6.45, 7) is 15.4. The standard InChI is InChI=1S/C22H32N2O3S/c1-21(2,3)16-11-15(12-17(19(16)25)22(4,5)6)13-18-20(26)24(14-28-18)23-7-9-27-10-8-23/h11-13,25H,7-10,14H2,1-6H3/b18-13-. The predicted molar refractivity (Wildman–Crippen MR) is 115 cm³/mol. The first-order chi connectivity index (χ1) is 13.0. The van der Waals surface area contributed by atoms with Gasteiger partial charge in [0.25, 0.3) is 5.91 Å². The Morgan fingerprint density at radius 3 is 2.07 bits per heavy atom. The van der Waals surface area contributed by atoms with Crippen LogP contribution in [0.3, 0.4) is 0 Å². The van der Waals surface area contributed by atoms with E-state index < -0.39 is 0 Å². The molecule has 1 aromatic rings. The Morgan fingerprint density at radius 1 is 1.04 bits per heavy atom. The van der Waals surface area contributed by atoms with Crippen molar-refractivity contribution in [3.8, 4) is 5.75 Å². The lowest BCUT2D eigenvalue weighted by Crippen LogP contribution is -2.49. The third kappa shape index (κ3) is 4.39. The van der Waals surface area contributed by atoms with E-state index >= 15 is 0 Å². The molecular formula is C22H32N2O3S. The quantitative estimate of drug-likeness (QED) is 0.752. The van der Waals surface area contributed by atoms with Gasteiger partial charge in [0.1, 0.15) is 5.75 Å². The lowest BCUT2D eigenvalue weighted by molar-refractivity contribution is -0.147. The van der Waals surface area contributed by atoms with Gasteiger partial charge in [-0.1, -0.05) is 53.3 Å². The van der Waals surface area contributed by atoms with Gasteiger partial charge in [-0.25, -0.2) is 5.01 Å². The zero-order valence-electron chi connectivity index (χ0n) is 17.8. The molecular weight excluding hydrogens is 372 g/mol. The summed E-state index contributed by atoms with van der Waals surface area (Å²) in [4.78, 5) is 13.7. The Morgan fingerprint density at radius 2 is 1.57 bits per heavy atom. The molecule has 0 atom stereocenters. The highest BCUT2D eigenvalue weighted by molar-refractivity contribution is 8.04. The highest BCUT2D eigenvalue weighted by Gasteiger charge is 2.33. The second kappa shape index (κ2) is 7.73. The fraction of sp³-hybridized carbons (Fsp3) is 0.591. The first-order valence-electron chi connectivity index (χ1n) is 9.85. The Kier molecular flexibility index (Phi) is 5.86. The van der Waals surface area contributed by atoms with E-state index in [-0.39, 0.29) is 16.7 Å². The highest BCUT2D eigenvalue weighted by atomic mass is 32.2. The van der Waals surface area contributed by atoms with E-state index in [9.17, 15) is 9.90 Å². The Hall–Kier alpha value is -1.50. The van der Waals surface area contributed by atoms with Crippen LogP contribution in [0.5, 0.6) is 5.75 Å². The third-order valence-electron chi connectivity index (χ3n) is 5.16. The van der Waals surface area contributed by atoms with Crippen molar-refractivity contribution >= 4 is 23.7 Å². The summed E-state index contributed by atoms with van der Waals surface area (Å²) in [5, 5.41) is 14.8. The largest absolute Gasteiger partial charge is 0.507 e. The number of carbonyl (C=O) groups is 1. The number of nitrogens with zero attached hydrogens (tertiary/aromatic N) is 2. The van der Waals surface area contributed by atoms with Crippen molar-refractivity contribution < 1.29 is 14.6 Å². The molecule has 2 aliphatic heterocycles. The average Bonchev–Trinajstić information content (AvgIpc) is 2.95. The van der Waals surface area contributed by atoms with Gasteiger partial charge in [0.15, 0.2) is 0 Å². The van der Waals surface area contributed by atoms with Crippen LogP contribution in [0.1, 0.15) is 58.2 Å². The second-order valence-corrected chi connectivity index (χ2v) is 10.5. The van der Waals surface area contributed by atoms with E-state index in [1.54, 1.807) is 11.8 Å². The van der Waals surface area contributed by atoms with Crippen molar-refractivity contribution in [2.75, 3.05) is 32.2 Å². The van der Waals surface area contributed by atoms with Crippen molar-refractivity contribution in [2.24, 2.45) is 0 Å². The number of rotatable bonds is 2. The Bertz CT molecular complexity index is 749. The van der Waals surface area contributed by atoms with Crippen LogP contribution in [0.15, 0.2) is 17.0 Å². The minimum atomic E-state index is -0.189. The summed E-state index contributed by atoms with van der Waals surface area (Å²) in [6.07, 6.45) is 1.97. The van der Waals surface area contributed by atoms with Crippen LogP contribution in [0.2, 0.25) is 0 Å². The number of aromatic hydroxyl groups is 1. The van der Waals surface area contributed by atoms with Crippen molar-refractivity contribution in [3.63, 3.8) is 0 Å². The van der Waals surface area contributed by atoms with Crippen LogP contribution in [0.25, 0.3) is 6.08 Å². The highest BCUT2D eigenvalue weighted by Crippen LogP contribution is 2.41. The number of phenolic OH excluding ortho intramolecular Hbond substituents is 1. The Balaban J connectivity index is 1.96. The van der Waals surface area contributed by atoms with Crippen LogP contribution >= 0.6 is 11.8 Å². The maximum atomic E-state index is 12.9. The lowest BCUT2D eigenvalue weighted by atomic mass is 9.78. The van der Waals surface area contributed by atoms with Crippen LogP contribution in [-0.2, 0) is 20.4 Å². The van der Waals surface area contributed by atoms with E-state index in [0.29, 0.717) is 24.8 Å². The molecule has 0 saturated carbocycles. The zero-order chi connectivity index (χ0) is 20.7. The summed E-state index contributed by atoms with van der Waals surface area (Å²) in [5.41, 5.74) is 2.41. The molecule has 3 rings (SSSR count). The van der Waals surface area contributed by atoms with Crippen molar-refractivity contribution in [2.45, 2.75) is 52.4 Å². The summed E-state index contributed by atoms with van der Waals surface area (Å²) < 4.78 is 5.39. The number of benzene rings is 1. The minimum Gasteiger partial charge on any atom is -0.507 e. The van der Waals surface area contributed by atoms with E-state index in [4.69, 9.17) is 4.74 Å². The molecule has 0 aliphatic carbocycles. The van der Waals surface area contributed by atoms with E-state index in [2.05, 4.69) is 46.6 Å². The number of ether oxygens (including phenoxy) is 1. The van der Waals surface area contributed by atoms with Crippen LogP contribution < -0.4 is 0 Å². The van der Waals surface area contributed by atoms with Gasteiger partial charge in [-0.2, -0.15) is 0 Å². The first kappa shape index (κ1) is 21.2. The number of amides is 1. The molecule has 0 bridgehead atoms. The van der Waals surface area contributed by atoms with Gasteiger partial charge in [0.2, 0.25) is 0 Å². The third-order valence-corrected chi connectivity index (χ3v) is 6.14. The number of hydrogen-bond donors (Lipinski definition) is 1. The molecule has 1 amide bonds. The molecule has 6 heteroatoms. The second-order valence-electron chi connectivity index (χ2n) is 9.52. The number of morpholine rings is 1. The van der Waals surface area contributed by atoms with Crippen LogP contribution in [0.4, 0.5) is 0 Å². The molecule has 1 aromatic carbocycles. The average molecular weight is 405 g/mol. The number of phenols is 1. The van der Waals surface area contributed by atoms with Crippen LogP contribution in [0, 0.1) is 0 Å². The van der Waals surface area contributed by atoms with E-state index in [1.165, 1.54) is 0 Å². The normalized spacial score (nSPS) is 21.0. The maximum absolute atomic E-state index is 12.9. The van der Waals surface area contributed by atoms with Gasteiger partial charge in [-0.15, -0.1) is 0 Å². The van der Waals surface area contributed by atoms with Gasteiger partial charge >= 0.3 is 0 Å². The molecule has 2 fully saturated rings. The van der Waals surface area contributed by atoms with Crippen molar-refractivity contribution in [1.82, 2.24) is 10.0 Å². The van der Waals surface area contributed by atoms with E-state index in [1.807, 2.05) is 23.2 Å². The van der Waals surface area contributed by atoms with Crippen molar-refractivity contribution in [3.05, 3.63) is 33.7 Å². The SMILES string of the molecule is CC(C)(C)c1cc(/C=C2\SCN(N3CCOCC3)C2=O)cc(C(C)(C)C)c1O. The summed E-state index contributed by atoms with van der Waals surface area (Å²) in [6, 6.07) is 4.03. The number of thioether (sulfide) groups is 1. The molecule has 2 heterocycles. The van der Waals surface area contributed by atoms with Gasteiger partial charge in [0.05, 0.1) is 24.0 Å². The zero-order valence-corrected chi connectivity index (χ0v) is 18.7. The van der Waals surface area contributed by atoms with Gasteiger partial charge in [-0.05, 0) is 34.6 Å². The fourth-order valence-electron chi connectivity index (χ4n) is 3.52. The van der Waals surface area contributed by atoms with Gasteiger partial charge < -0.3 is 9.84 Å². The topological polar surface area (TPSA) is 53.0 Å².